The molecule has 2 unspecified atom stereocenters. The fourth-order valence-corrected chi connectivity index (χ4v) is 1.60. The van der Waals surface area contributed by atoms with Gasteiger partial charge in [-0.15, -0.1) is 0 Å². The number of imidazole rings is 1. The second kappa shape index (κ2) is 7.16. The lowest BCUT2D eigenvalue weighted by Gasteiger charge is -2.17. The number of hydrogen-bond acceptors (Lipinski definition) is 3. The summed E-state index contributed by atoms with van der Waals surface area (Å²) in [6, 6.07) is 0.0653. The van der Waals surface area contributed by atoms with Crippen LogP contribution in [0.1, 0.15) is 33.0 Å². The molecule has 0 fully saturated rings. The van der Waals surface area contributed by atoms with E-state index in [4.69, 9.17) is 0 Å². The van der Waals surface area contributed by atoms with Gasteiger partial charge < -0.3 is 15.2 Å². The molecule has 0 aliphatic heterocycles. The Morgan fingerprint density at radius 1 is 1.50 bits per heavy atom. The van der Waals surface area contributed by atoms with Crippen LogP contribution in [0.15, 0.2) is 12.4 Å². The van der Waals surface area contributed by atoms with Crippen LogP contribution in [0.25, 0.3) is 0 Å². The molecule has 1 amide bonds. The summed E-state index contributed by atoms with van der Waals surface area (Å²) in [6.45, 7) is 6.71. The Balaban J connectivity index is 2.26. The zero-order valence-electron chi connectivity index (χ0n) is 11.7. The van der Waals surface area contributed by atoms with Gasteiger partial charge >= 0.3 is 0 Å². The molecule has 0 aliphatic carbocycles. The minimum absolute atomic E-state index is 0.0594. The van der Waals surface area contributed by atoms with Crippen LogP contribution in [-0.2, 0) is 18.3 Å². The monoisotopic (exact) mass is 252 g/mol. The van der Waals surface area contributed by atoms with Crippen LogP contribution in [0.4, 0.5) is 0 Å². The van der Waals surface area contributed by atoms with Crippen molar-refractivity contribution in [2.24, 2.45) is 7.05 Å². The Morgan fingerprint density at radius 2 is 2.22 bits per heavy atom. The average molecular weight is 252 g/mol. The normalized spacial score (nSPS) is 14.2. The molecule has 0 aliphatic rings. The number of carbonyl (C=O) groups excluding carboxylic acids is 1. The standard InChI is InChI=1S/C13H24N4O/c1-5-10(2)16-13(18)11(3)14-7-6-12-15-8-9-17(12)4/h8-11,14H,5-7H2,1-4H3,(H,16,18). The van der Waals surface area contributed by atoms with Gasteiger partial charge in [-0.25, -0.2) is 4.98 Å². The number of nitrogens with one attached hydrogen (secondary N) is 2. The fourth-order valence-electron chi connectivity index (χ4n) is 1.60. The van der Waals surface area contributed by atoms with Crippen molar-refractivity contribution < 1.29 is 4.79 Å². The van der Waals surface area contributed by atoms with E-state index in [1.807, 2.05) is 31.7 Å². The molecule has 0 saturated heterocycles. The van der Waals surface area contributed by atoms with Crippen molar-refractivity contribution in [1.29, 1.82) is 0 Å². The summed E-state index contributed by atoms with van der Waals surface area (Å²) in [5.41, 5.74) is 0. The van der Waals surface area contributed by atoms with Gasteiger partial charge in [0.15, 0.2) is 0 Å². The number of amides is 1. The van der Waals surface area contributed by atoms with Gasteiger partial charge in [-0.2, -0.15) is 0 Å². The quantitative estimate of drug-likeness (QED) is 0.756. The van der Waals surface area contributed by atoms with Gasteiger partial charge in [-0.05, 0) is 20.3 Å². The van der Waals surface area contributed by atoms with Gasteiger partial charge in [-0.3, -0.25) is 4.79 Å². The van der Waals surface area contributed by atoms with Gasteiger partial charge in [0.1, 0.15) is 5.82 Å². The SMILES string of the molecule is CCC(C)NC(=O)C(C)NCCc1nccn1C. The summed E-state index contributed by atoms with van der Waals surface area (Å²) in [5, 5.41) is 6.17. The molecule has 0 radical (unpaired) electrons. The van der Waals surface area contributed by atoms with Gasteiger partial charge in [0.2, 0.25) is 5.91 Å². The van der Waals surface area contributed by atoms with E-state index in [0.29, 0.717) is 0 Å². The maximum atomic E-state index is 11.8. The minimum atomic E-state index is -0.167. The summed E-state index contributed by atoms with van der Waals surface area (Å²) in [5.74, 6) is 1.08. The zero-order valence-corrected chi connectivity index (χ0v) is 11.7. The van der Waals surface area contributed by atoms with E-state index in [-0.39, 0.29) is 18.0 Å². The first kappa shape index (κ1) is 14.7. The van der Waals surface area contributed by atoms with Crippen molar-refractivity contribution in [3.8, 4) is 0 Å². The summed E-state index contributed by atoms with van der Waals surface area (Å²) in [7, 11) is 1.97. The molecule has 2 atom stereocenters. The first-order chi connectivity index (χ1) is 8.54. The van der Waals surface area contributed by atoms with E-state index in [2.05, 4.69) is 22.5 Å². The average Bonchev–Trinajstić information content (AvgIpc) is 2.74. The molecule has 1 aromatic heterocycles. The lowest BCUT2D eigenvalue weighted by molar-refractivity contribution is -0.123. The van der Waals surface area contributed by atoms with Crippen LogP contribution in [0, 0.1) is 0 Å². The molecular formula is C13H24N4O. The third-order valence-corrected chi connectivity index (χ3v) is 3.11. The van der Waals surface area contributed by atoms with Crippen molar-refractivity contribution in [2.75, 3.05) is 6.54 Å². The number of carbonyl (C=O) groups is 1. The van der Waals surface area contributed by atoms with Crippen molar-refractivity contribution in [1.82, 2.24) is 20.2 Å². The highest BCUT2D eigenvalue weighted by Crippen LogP contribution is 1.95. The van der Waals surface area contributed by atoms with Crippen molar-refractivity contribution >= 4 is 5.91 Å². The number of hydrogen-bond donors (Lipinski definition) is 2. The smallest absolute Gasteiger partial charge is 0.237 e. The molecule has 0 saturated carbocycles. The minimum Gasteiger partial charge on any atom is -0.352 e. The highest BCUT2D eigenvalue weighted by Gasteiger charge is 2.13. The number of aromatic nitrogens is 2. The lowest BCUT2D eigenvalue weighted by atomic mass is 10.2. The maximum absolute atomic E-state index is 11.8. The molecule has 2 N–H and O–H groups in total. The number of aryl methyl sites for hydroxylation is 1. The molecule has 5 nitrogen and oxygen atoms in total. The largest absolute Gasteiger partial charge is 0.352 e. The van der Waals surface area contributed by atoms with Crippen LogP contribution < -0.4 is 10.6 Å². The summed E-state index contributed by atoms with van der Waals surface area (Å²) in [4.78, 5) is 16.0. The first-order valence-electron chi connectivity index (χ1n) is 6.54. The summed E-state index contributed by atoms with van der Waals surface area (Å²) < 4.78 is 1.99. The molecular weight excluding hydrogens is 228 g/mol. The highest BCUT2D eigenvalue weighted by molar-refractivity contribution is 5.81. The summed E-state index contributed by atoms with van der Waals surface area (Å²) in [6.07, 6.45) is 5.49. The van der Waals surface area contributed by atoms with E-state index in [1.165, 1.54) is 0 Å². The van der Waals surface area contributed by atoms with Crippen LogP contribution >= 0.6 is 0 Å². The van der Waals surface area contributed by atoms with E-state index >= 15 is 0 Å². The molecule has 0 bridgehead atoms. The first-order valence-corrected chi connectivity index (χ1v) is 6.54. The Bertz CT molecular complexity index is 375. The van der Waals surface area contributed by atoms with Gasteiger partial charge in [-0.1, -0.05) is 6.92 Å². The third kappa shape index (κ3) is 4.49. The molecule has 1 heterocycles. The second-order valence-corrected chi connectivity index (χ2v) is 4.70. The zero-order chi connectivity index (χ0) is 13.5. The lowest BCUT2D eigenvalue weighted by Crippen LogP contribution is -2.45. The van der Waals surface area contributed by atoms with E-state index in [0.717, 1.165) is 25.2 Å². The van der Waals surface area contributed by atoms with Crippen LogP contribution in [0.3, 0.4) is 0 Å². The topological polar surface area (TPSA) is 59.0 Å². The Hall–Kier alpha value is -1.36. The van der Waals surface area contributed by atoms with Crippen LogP contribution in [0.2, 0.25) is 0 Å². The highest BCUT2D eigenvalue weighted by atomic mass is 16.2. The molecule has 5 heteroatoms. The predicted octanol–water partition coefficient (Wildman–Crippen LogP) is 0.855. The third-order valence-electron chi connectivity index (χ3n) is 3.11. The summed E-state index contributed by atoms with van der Waals surface area (Å²) >= 11 is 0. The van der Waals surface area contributed by atoms with Crippen molar-refractivity contribution in [2.45, 2.75) is 45.7 Å². The van der Waals surface area contributed by atoms with E-state index < -0.39 is 0 Å². The maximum Gasteiger partial charge on any atom is 0.237 e. The fraction of sp³-hybridized carbons (Fsp3) is 0.692. The van der Waals surface area contributed by atoms with Crippen LogP contribution in [0.5, 0.6) is 0 Å². The molecule has 1 rings (SSSR count). The van der Waals surface area contributed by atoms with E-state index in [1.54, 1.807) is 6.20 Å². The Kier molecular flexibility index (Phi) is 5.85. The van der Waals surface area contributed by atoms with Gasteiger partial charge in [0.05, 0.1) is 6.04 Å². The van der Waals surface area contributed by atoms with E-state index in [9.17, 15) is 4.79 Å². The Morgan fingerprint density at radius 3 is 2.78 bits per heavy atom. The van der Waals surface area contributed by atoms with Crippen molar-refractivity contribution in [3.63, 3.8) is 0 Å². The second-order valence-electron chi connectivity index (χ2n) is 4.70. The van der Waals surface area contributed by atoms with Crippen LogP contribution in [-0.4, -0.2) is 34.1 Å². The van der Waals surface area contributed by atoms with Gasteiger partial charge in [0.25, 0.3) is 0 Å². The Labute approximate surface area is 109 Å². The predicted molar refractivity (Wildman–Crippen MR) is 72.3 cm³/mol. The molecule has 0 spiro atoms. The molecule has 18 heavy (non-hydrogen) atoms. The molecule has 102 valence electrons. The molecule has 1 aromatic rings. The number of rotatable bonds is 7. The number of nitrogens with zero attached hydrogens (tertiary/aromatic N) is 2. The molecule has 0 aromatic carbocycles. The van der Waals surface area contributed by atoms with Crippen molar-refractivity contribution in [3.05, 3.63) is 18.2 Å². The van der Waals surface area contributed by atoms with Gasteiger partial charge in [0, 0.05) is 38.4 Å².